The number of amides is 1. The predicted octanol–water partition coefficient (Wildman–Crippen LogP) is 3.50. The molecule has 1 atom stereocenters. The van der Waals surface area contributed by atoms with Crippen LogP contribution in [0.5, 0.6) is 0 Å². The molecule has 1 heterocycles. The Bertz CT molecular complexity index is 690. The fourth-order valence-electron chi connectivity index (χ4n) is 3.05. The van der Waals surface area contributed by atoms with Gasteiger partial charge in [-0.1, -0.05) is 39.8 Å². The molecule has 1 fully saturated rings. The zero-order valence-corrected chi connectivity index (χ0v) is 17.3. The minimum atomic E-state index is -2.98. The number of rotatable bonds is 6. The van der Waals surface area contributed by atoms with Gasteiger partial charge >= 0.3 is 0 Å². The van der Waals surface area contributed by atoms with E-state index in [2.05, 4.69) is 45.0 Å². The average molecular weight is 384 g/mol. The summed E-state index contributed by atoms with van der Waals surface area (Å²) in [6.07, 6.45) is 1.41. The van der Waals surface area contributed by atoms with Crippen molar-refractivity contribution >= 4 is 27.5 Å². The summed E-state index contributed by atoms with van der Waals surface area (Å²) in [7, 11) is -2.98. The van der Waals surface area contributed by atoms with Crippen LogP contribution in [0.2, 0.25) is 0 Å². The van der Waals surface area contributed by atoms with Gasteiger partial charge in [-0.15, -0.1) is 11.8 Å². The van der Waals surface area contributed by atoms with Crippen LogP contribution in [-0.4, -0.2) is 49.1 Å². The third-order valence-corrected chi connectivity index (χ3v) is 7.26. The lowest BCUT2D eigenvalue weighted by molar-refractivity contribution is -0.130. The molecule has 2 rings (SSSR count). The van der Waals surface area contributed by atoms with Gasteiger partial charge < -0.3 is 4.90 Å². The molecule has 0 bridgehead atoms. The molecule has 1 amide bonds. The average Bonchev–Trinajstić information content (AvgIpc) is 2.89. The van der Waals surface area contributed by atoms with Crippen molar-refractivity contribution < 1.29 is 13.2 Å². The van der Waals surface area contributed by atoms with Crippen LogP contribution in [0.25, 0.3) is 0 Å². The minimum absolute atomic E-state index is 0.0360. The van der Waals surface area contributed by atoms with E-state index in [0.717, 1.165) is 11.3 Å². The first-order chi connectivity index (χ1) is 11.6. The Morgan fingerprint density at radius 2 is 1.88 bits per heavy atom. The highest BCUT2D eigenvalue weighted by Crippen LogP contribution is 2.26. The SMILES string of the molecule is CCCN(C(=O)CSc1ccc(C(C)(C)C)cc1)C1CCS(=O)(=O)C1. The van der Waals surface area contributed by atoms with Crippen LogP contribution in [0.1, 0.15) is 46.1 Å². The summed E-state index contributed by atoms with van der Waals surface area (Å²) >= 11 is 1.52. The molecular formula is C19H29NO3S2. The number of hydrogen-bond donors (Lipinski definition) is 0. The van der Waals surface area contributed by atoms with E-state index in [4.69, 9.17) is 0 Å². The minimum Gasteiger partial charge on any atom is -0.338 e. The fraction of sp³-hybridized carbons (Fsp3) is 0.632. The second-order valence-corrected chi connectivity index (χ2v) is 11.0. The quantitative estimate of drug-likeness (QED) is 0.706. The lowest BCUT2D eigenvalue weighted by atomic mass is 9.87. The Morgan fingerprint density at radius 3 is 2.36 bits per heavy atom. The number of carbonyl (C=O) groups is 1. The smallest absolute Gasteiger partial charge is 0.233 e. The number of hydrogen-bond acceptors (Lipinski definition) is 4. The van der Waals surface area contributed by atoms with E-state index in [1.54, 1.807) is 4.90 Å². The predicted molar refractivity (Wildman–Crippen MR) is 105 cm³/mol. The van der Waals surface area contributed by atoms with E-state index in [-0.39, 0.29) is 28.9 Å². The summed E-state index contributed by atoms with van der Waals surface area (Å²) in [6.45, 7) is 9.18. The number of nitrogens with zero attached hydrogens (tertiary/aromatic N) is 1. The molecule has 1 unspecified atom stereocenters. The zero-order chi connectivity index (χ0) is 18.7. The lowest BCUT2D eigenvalue weighted by Crippen LogP contribution is -2.42. The summed E-state index contributed by atoms with van der Waals surface area (Å²) in [6, 6.07) is 8.19. The maximum Gasteiger partial charge on any atom is 0.233 e. The van der Waals surface area contributed by atoms with Gasteiger partial charge in [-0.25, -0.2) is 8.42 Å². The Kier molecular flexibility index (Phi) is 6.60. The molecule has 0 saturated carbocycles. The first-order valence-electron chi connectivity index (χ1n) is 8.85. The highest BCUT2D eigenvalue weighted by atomic mass is 32.2. The summed E-state index contributed by atoms with van der Waals surface area (Å²) < 4.78 is 23.4. The number of sulfone groups is 1. The molecule has 1 aromatic carbocycles. The van der Waals surface area contributed by atoms with Crippen molar-refractivity contribution in [2.45, 2.75) is 56.9 Å². The number of carbonyl (C=O) groups excluding carboxylic acids is 1. The van der Waals surface area contributed by atoms with E-state index in [1.165, 1.54) is 17.3 Å². The van der Waals surface area contributed by atoms with Gasteiger partial charge in [0.15, 0.2) is 9.84 Å². The van der Waals surface area contributed by atoms with Crippen LogP contribution in [-0.2, 0) is 20.0 Å². The second kappa shape index (κ2) is 8.12. The molecule has 0 N–H and O–H groups in total. The van der Waals surface area contributed by atoms with Crippen LogP contribution in [0.4, 0.5) is 0 Å². The summed E-state index contributed by atoms with van der Waals surface area (Å²) in [4.78, 5) is 15.5. The molecule has 6 heteroatoms. The third kappa shape index (κ3) is 5.74. The van der Waals surface area contributed by atoms with Crippen molar-refractivity contribution in [3.63, 3.8) is 0 Å². The van der Waals surface area contributed by atoms with Crippen molar-refractivity contribution in [1.82, 2.24) is 4.90 Å². The van der Waals surface area contributed by atoms with E-state index >= 15 is 0 Å². The van der Waals surface area contributed by atoms with Crippen LogP contribution in [0.15, 0.2) is 29.2 Å². The van der Waals surface area contributed by atoms with Gasteiger partial charge in [0, 0.05) is 17.5 Å². The molecule has 0 aromatic heterocycles. The zero-order valence-electron chi connectivity index (χ0n) is 15.6. The van der Waals surface area contributed by atoms with Gasteiger partial charge in [0.05, 0.1) is 17.3 Å². The van der Waals surface area contributed by atoms with Crippen molar-refractivity contribution in [3.8, 4) is 0 Å². The number of thioether (sulfide) groups is 1. The Morgan fingerprint density at radius 1 is 1.24 bits per heavy atom. The van der Waals surface area contributed by atoms with Crippen LogP contribution >= 0.6 is 11.8 Å². The van der Waals surface area contributed by atoms with Gasteiger partial charge in [0.25, 0.3) is 0 Å². The standard InChI is InChI=1S/C19H29NO3S2/c1-5-11-20(16-10-12-25(22,23)14-16)18(21)13-24-17-8-6-15(7-9-17)19(2,3)4/h6-9,16H,5,10-14H2,1-4H3. The number of benzene rings is 1. The van der Waals surface area contributed by atoms with E-state index < -0.39 is 9.84 Å². The summed E-state index contributed by atoms with van der Waals surface area (Å²) in [5.74, 6) is 0.704. The maximum atomic E-state index is 12.6. The molecule has 0 radical (unpaired) electrons. The fourth-order valence-corrected chi connectivity index (χ4v) is 5.57. The largest absolute Gasteiger partial charge is 0.338 e. The molecule has 0 spiro atoms. The van der Waals surface area contributed by atoms with Crippen molar-refractivity contribution in [3.05, 3.63) is 29.8 Å². The van der Waals surface area contributed by atoms with Gasteiger partial charge in [-0.3, -0.25) is 4.79 Å². The highest BCUT2D eigenvalue weighted by Gasteiger charge is 2.34. The molecular weight excluding hydrogens is 354 g/mol. The third-order valence-electron chi connectivity index (χ3n) is 4.52. The maximum absolute atomic E-state index is 12.6. The molecule has 25 heavy (non-hydrogen) atoms. The molecule has 1 saturated heterocycles. The summed E-state index contributed by atoms with van der Waals surface area (Å²) in [5, 5.41) is 0. The normalized spacial score (nSPS) is 19.8. The topological polar surface area (TPSA) is 54.5 Å². The monoisotopic (exact) mass is 383 g/mol. The van der Waals surface area contributed by atoms with Crippen molar-refractivity contribution in [2.75, 3.05) is 23.8 Å². The van der Waals surface area contributed by atoms with Gasteiger partial charge in [0.1, 0.15) is 0 Å². The van der Waals surface area contributed by atoms with Crippen LogP contribution in [0, 0.1) is 0 Å². The van der Waals surface area contributed by atoms with Crippen molar-refractivity contribution in [2.24, 2.45) is 0 Å². The van der Waals surface area contributed by atoms with E-state index in [0.29, 0.717) is 18.7 Å². The van der Waals surface area contributed by atoms with Crippen LogP contribution < -0.4 is 0 Å². The Balaban J connectivity index is 1.97. The summed E-state index contributed by atoms with van der Waals surface area (Å²) in [5.41, 5.74) is 1.39. The first-order valence-corrected chi connectivity index (χ1v) is 11.7. The van der Waals surface area contributed by atoms with E-state index in [1.807, 2.05) is 6.92 Å². The van der Waals surface area contributed by atoms with E-state index in [9.17, 15) is 13.2 Å². The van der Waals surface area contributed by atoms with Gasteiger partial charge in [0.2, 0.25) is 5.91 Å². The molecule has 1 aliphatic heterocycles. The Hall–Kier alpha value is -1.01. The highest BCUT2D eigenvalue weighted by molar-refractivity contribution is 8.00. The molecule has 140 valence electrons. The lowest BCUT2D eigenvalue weighted by Gasteiger charge is -2.28. The van der Waals surface area contributed by atoms with Crippen LogP contribution in [0.3, 0.4) is 0 Å². The molecule has 1 aliphatic rings. The van der Waals surface area contributed by atoms with Crippen molar-refractivity contribution in [1.29, 1.82) is 0 Å². The molecule has 1 aromatic rings. The van der Waals surface area contributed by atoms with Gasteiger partial charge in [-0.05, 0) is 36.0 Å². The second-order valence-electron chi connectivity index (χ2n) is 7.71. The van der Waals surface area contributed by atoms with Gasteiger partial charge in [-0.2, -0.15) is 0 Å². The molecule has 4 nitrogen and oxygen atoms in total. The first kappa shape index (κ1) is 20.3. The Labute approximate surface area is 156 Å². The molecule has 0 aliphatic carbocycles.